The molecule has 0 amide bonds. The van der Waals surface area contributed by atoms with E-state index < -0.39 is 14.9 Å². The summed E-state index contributed by atoms with van der Waals surface area (Å²) in [5, 5.41) is 16.6. The van der Waals surface area contributed by atoms with E-state index in [1.165, 1.54) is 12.1 Å². The third-order valence-electron chi connectivity index (χ3n) is 3.74. The van der Waals surface area contributed by atoms with E-state index in [0.717, 1.165) is 38.4 Å². The average molecular weight is 345 g/mol. The van der Waals surface area contributed by atoms with Crippen LogP contribution in [0.25, 0.3) is 0 Å². The smallest absolute Gasteiger partial charge is 0.272 e. The Morgan fingerprint density at radius 3 is 2.68 bits per heavy atom. The molecule has 1 heterocycles. The van der Waals surface area contributed by atoms with Gasteiger partial charge in [0.1, 0.15) is 0 Å². The van der Waals surface area contributed by atoms with Crippen LogP contribution in [0.15, 0.2) is 23.1 Å². The van der Waals surface area contributed by atoms with Crippen molar-refractivity contribution in [3.8, 4) is 0 Å². The van der Waals surface area contributed by atoms with Gasteiger partial charge >= 0.3 is 0 Å². The molecule has 0 radical (unpaired) electrons. The Kier molecular flexibility index (Phi) is 5.30. The minimum Gasteiger partial charge on any atom is -0.370 e. The second-order valence-electron chi connectivity index (χ2n) is 5.29. The van der Waals surface area contributed by atoms with E-state index in [0.29, 0.717) is 10.9 Å². The first kappa shape index (κ1) is 17.0. The van der Waals surface area contributed by atoms with Gasteiger partial charge in [0.2, 0.25) is 10.0 Å². The van der Waals surface area contributed by atoms with Gasteiger partial charge in [-0.15, -0.1) is 0 Å². The SMILES string of the molecule is CSC1CCCCN(c2cc([N+](=O)[O-])cc(S(N)(=O)=O)c2)C1. The summed E-state index contributed by atoms with van der Waals surface area (Å²) in [5.41, 5.74) is 0.283. The van der Waals surface area contributed by atoms with Crippen LogP contribution in [0.4, 0.5) is 11.4 Å². The minimum atomic E-state index is -3.98. The van der Waals surface area contributed by atoms with Crippen molar-refractivity contribution >= 4 is 33.2 Å². The summed E-state index contributed by atoms with van der Waals surface area (Å²) < 4.78 is 23.1. The molecule has 2 rings (SSSR count). The molecule has 7 nitrogen and oxygen atoms in total. The van der Waals surface area contributed by atoms with Crippen molar-refractivity contribution < 1.29 is 13.3 Å². The summed E-state index contributed by atoms with van der Waals surface area (Å²) >= 11 is 1.76. The zero-order chi connectivity index (χ0) is 16.3. The van der Waals surface area contributed by atoms with Gasteiger partial charge in [-0.2, -0.15) is 11.8 Å². The minimum absolute atomic E-state index is 0.221. The summed E-state index contributed by atoms with van der Waals surface area (Å²) in [4.78, 5) is 12.2. The van der Waals surface area contributed by atoms with Crippen LogP contribution >= 0.6 is 11.8 Å². The number of thioether (sulfide) groups is 1. The van der Waals surface area contributed by atoms with E-state index in [9.17, 15) is 18.5 Å². The summed E-state index contributed by atoms with van der Waals surface area (Å²) in [7, 11) is -3.98. The van der Waals surface area contributed by atoms with Crippen molar-refractivity contribution in [3.05, 3.63) is 28.3 Å². The van der Waals surface area contributed by atoms with Gasteiger partial charge in [-0.05, 0) is 25.2 Å². The molecule has 0 bridgehead atoms. The van der Waals surface area contributed by atoms with Crippen LogP contribution in [0.5, 0.6) is 0 Å². The van der Waals surface area contributed by atoms with Gasteiger partial charge in [0.15, 0.2) is 0 Å². The molecule has 0 saturated carbocycles. The van der Waals surface area contributed by atoms with Gasteiger partial charge in [-0.25, -0.2) is 13.6 Å². The molecule has 122 valence electrons. The summed E-state index contributed by atoms with van der Waals surface area (Å²) in [6.07, 6.45) is 5.20. The summed E-state index contributed by atoms with van der Waals surface area (Å²) in [6, 6.07) is 3.84. The lowest BCUT2D eigenvalue weighted by Gasteiger charge is -2.26. The lowest BCUT2D eigenvalue weighted by Crippen LogP contribution is -2.29. The fraction of sp³-hybridized carbons (Fsp3) is 0.538. The number of anilines is 1. The number of benzene rings is 1. The Balaban J connectivity index is 2.44. The fourth-order valence-electron chi connectivity index (χ4n) is 2.55. The molecule has 0 spiro atoms. The maximum atomic E-state index is 11.6. The number of rotatable bonds is 4. The monoisotopic (exact) mass is 345 g/mol. The van der Waals surface area contributed by atoms with Gasteiger partial charge in [-0.3, -0.25) is 10.1 Å². The predicted molar refractivity (Wildman–Crippen MR) is 87.8 cm³/mol. The number of hydrogen-bond donors (Lipinski definition) is 1. The van der Waals surface area contributed by atoms with Crippen LogP contribution in [0.3, 0.4) is 0 Å². The molecule has 1 saturated heterocycles. The predicted octanol–water partition coefficient (Wildman–Crippen LogP) is 1.96. The van der Waals surface area contributed by atoms with Crippen LogP contribution < -0.4 is 10.0 Å². The van der Waals surface area contributed by atoms with E-state index in [1.54, 1.807) is 11.8 Å². The van der Waals surface area contributed by atoms with Crippen LogP contribution in [0.2, 0.25) is 0 Å². The maximum absolute atomic E-state index is 11.6. The number of hydrogen-bond acceptors (Lipinski definition) is 6. The first-order chi connectivity index (χ1) is 10.3. The van der Waals surface area contributed by atoms with E-state index in [4.69, 9.17) is 5.14 Å². The molecule has 1 aliphatic heterocycles. The fourth-order valence-corrected chi connectivity index (χ4v) is 3.85. The van der Waals surface area contributed by atoms with Crippen molar-refractivity contribution in [1.29, 1.82) is 0 Å². The maximum Gasteiger partial charge on any atom is 0.272 e. The molecule has 9 heteroatoms. The molecule has 2 N–H and O–H groups in total. The second kappa shape index (κ2) is 6.84. The molecular formula is C13H19N3O4S2. The van der Waals surface area contributed by atoms with E-state index in [-0.39, 0.29) is 10.6 Å². The normalized spacial score (nSPS) is 19.7. The number of nitro benzene ring substituents is 1. The Hall–Kier alpha value is -1.32. The van der Waals surface area contributed by atoms with E-state index >= 15 is 0 Å². The van der Waals surface area contributed by atoms with Gasteiger partial charge < -0.3 is 4.90 Å². The number of primary sulfonamides is 1. The lowest BCUT2D eigenvalue weighted by molar-refractivity contribution is -0.385. The highest BCUT2D eigenvalue weighted by molar-refractivity contribution is 7.99. The van der Waals surface area contributed by atoms with Crippen LogP contribution in [-0.4, -0.2) is 37.9 Å². The molecule has 1 atom stereocenters. The van der Waals surface area contributed by atoms with Crippen molar-refractivity contribution in [2.24, 2.45) is 5.14 Å². The number of nitrogens with two attached hydrogens (primary N) is 1. The highest BCUT2D eigenvalue weighted by atomic mass is 32.2. The van der Waals surface area contributed by atoms with Crippen LogP contribution in [-0.2, 0) is 10.0 Å². The Morgan fingerprint density at radius 2 is 2.09 bits per heavy atom. The highest BCUT2D eigenvalue weighted by Crippen LogP contribution is 2.29. The topological polar surface area (TPSA) is 107 Å². The van der Waals surface area contributed by atoms with Crippen LogP contribution in [0, 0.1) is 10.1 Å². The van der Waals surface area contributed by atoms with Gasteiger partial charge in [0, 0.05) is 36.2 Å². The zero-order valence-electron chi connectivity index (χ0n) is 12.3. The van der Waals surface area contributed by atoms with Gasteiger partial charge in [0.25, 0.3) is 5.69 Å². The van der Waals surface area contributed by atoms with Crippen LogP contribution in [0.1, 0.15) is 19.3 Å². The Bertz CT molecular complexity index is 663. The molecular weight excluding hydrogens is 326 g/mol. The first-order valence-corrected chi connectivity index (χ1v) is 9.74. The first-order valence-electron chi connectivity index (χ1n) is 6.91. The van der Waals surface area contributed by atoms with Crippen molar-refractivity contribution in [1.82, 2.24) is 0 Å². The molecule has 1 aromatic rings. The molecule has 1 fully saturated rings. The number of nitrogens with zero attached hydrogens (tertiary/aromatic N) is 2. The zero-order valence-corrected chi connectivity index (χ0v) is 13.9. The average Bonchev–Trinajstić information content (AvgIpc) is 2.71. The van der Waals surface area contributed by atoms with E-state index in [1.807, 2.05) is 11.2 Å². The molecule has 22 heavy (non-hydrogen) atoms. The summed E-state index contributed by atoms with van der Waals surface area (Å²) in [6.45, 7) is 1.49. The van der Waals surface area contributed by atoms with Gasteiger partial charge in [0.05, 0.1) is 9.82 Å². The van der Waals surface area contributed by atoms with E-state index in [2.05, 4.69) is 0 Å². The second-order valence-corrected chi connectivity index (χ2v) is 7.99. The third kappa shape index (κ3) is 4.11. The third-order valence-corrected chi connectivity index (χ3v) is 5.69. The Labute approximate surface area is 134 Å². The number of nitro groups is 1. The highest BCUT2D eigenvalue weighted by Gasteiger charge is 2.22. The molecule has 0 aliphatic carbocycles. The number of sulfonamides is 1. The molecule has 1 aliphatic rings. The lowest BCUT2D eigenvalue weighted by atomic mass is 10.2. The standard InChI is InChI=1S/C13H19N3O4S2/c1-21-12-4-2-3-5-15(9-12)10-6-11(16(17)18)8-13(7-10)22(14,19)20/h6-8,12H,2-5,9H2,1H3,(H2,14,19,20). The quantitative estimate of drug-likeness (QED) is 0.660. The molecule has 0 aromatic heterocycles. The molecule has 1 aromatic carbocycles. The summed E-state index contributed by atoms with van der Waals surface area (Å²) in [5.74, 6) is 0. The van der Waals surface area contributed by atoms with Crippen molar-refractivity contribution in [2.75, 3.05) is 24.2 Å². The largest absolute Gasteiger partial charge is 0.370 e. The Morgan fingerprint density at radius 1 is 1.36 bits per heavy atom. The van der Waals surface area contributed by atoms with Crippen molar-refractivity contribution in [3.63, 3.8) is 0 Å². The van der Waals surface area contributed by atoms with Crippen molar-refractivity contribution in [2.45, 2.75) is 29.4 Å². The van der Waals surface area contributed by atoms with Gasteiger partial charge in [-0.1, -0.05) is 6.42 Å². The molecule has 1 unspecified atom stereocenters. The number of non-ortho nitro benzene ring substituents is 1.